The van der Waals surface area contributed by atoms with E-state index in [0.29, 0.717) is 38.5 Å². The van der Waals surface area contributed by atoms with Crippen LogP contribution in [-0.4, -0.2) is 36.2 Å². The number of nitrogens with zero attached hydrogens (tertiary/aromatic N) is 1. The molecule has 90 valence electrons. The monoisotopic (exact) mass is 245 g/mol. The van der Waals surface area contributed by atoms with E-state index in [-0.39, 0.29) is 23.5 Å². The Morgan fingerprint density at radius 2 is 1.69 bits per heavy atom. The number of hydrogen-bond acceptors (Lipinski definition) is 4. The molecule has 1 aliphatic heterocycles. The third kappa shape index (κ3) is 2.11. The van der Waals surface area contributed by atoms with Gasteiger partial charge in [0.2, 0.25) is 15.9 Å². The Labute approximate surface area is 94.9 Å². The van der Waals surface area contributed by atoms with Gasteiger partial charge in [0.05, 0.1) is 5.75 Å². The van der Waals surface area contributed by atoms with E-state index < -0.39 is 10.0 Å². The van der Waals surface area contributed by atoms with Gasteiger partial charge in [0, 0.05) is 25.3 Å². The fourth-order valence-corrected chi connectivity index (χ4v) is 4.13. The van der Waals surface area contributed by atoms with E-state index in [9.17, 15) is 18.0 Å². The summed E-state index contributed by atoms with van der Waals surface area (Å²) in [6, 6.07) is -0.282. The number of hydrogen-bond donors (Lipinski definition) is 0. The van der Waals surface area contributed by atoms with E-state index in [4.69, 9.17) is 0 Å². The van der Waals surface area contributed by atoms with Crippen molar-refractivity contribution in [3.8, 4) is 0 Å². The number of Topliss-reactive ketones (excluding diaryl/α,β-unsaturated/α-hetero) is 1. The topological polar surface area (TPSA) is 71.5 Å². The van der Waals surface area contributed by atoms with Crippen LogP contribution in [0.25, 0.3) is 0 Å². The lowest BCUT2D eigenvalue weighted by Crippen LogP contribution is -2.49. The third-order valence-corrected chi connectivity index (χ3v) is 5.09. The molecule has 6 heteroatoms. The first kappa shape index (κ1) is 11.6. The Morgan fingerprint density at radius 1 is 1.06 bits per heavy atom. The summed E-state index contributed by atoms with van der Waals surface area (Å²) in [7, 11) is -3.42. The summed E-state index contributed by atoms with van der Waals surface area (Å²) in [5.41, 5.74) is 0. The van der Waals surface area contributed by atoms with Crippen molar-refractivity contribution in [1.82, 2.24) is 4.31 Å². The van der Waals surface area contributed by atoms with E-state index in [0.717, 1.165) is 4.31 Å². The molecular formula is C10H15NO4S. The Morgan fingerprint density at radius 3 is 2.25 bits per heavy atom. The zero-order valence-corrected chi connectivity index (χ0v) is 9.83. The number of carbonyl (C=O) groups excluding carboxylic acids is 2. The Hall–Kier alpha value is -0.910. The average Bonchev–Trinajstić information content (AvgIpc) is 2.19. The quantitative estimate of drug-likeness (QED) is 0.672. The van der Waals surface area contributed by atoms with Gasteiger partial charge in [0.15, 0.2) is 0 Å². The molecule has 0 aromatic rings. The molecule has 0 unspecified atom stereocenters. The van der Waals surface area contributed by atoms with E-state index in [1.165, 1.54) is 0 Å². The Balaban J connectivity index is 2.17. The molecule has 2 aliphatic rings. The first-order valence-corrected chi connectivity index (χ1v) is 7.18. The van der Waals surface area contributed by atoms with Gasteiger partial charge in [-0.3, -0.25) is 9.59 Å². The first-order valence-electron chi connectivity index (χ1n) is 5.57. The maximum absolute atomic E-state index is 11.8. The SMILES string of the molecule is O=C1CCC(N2C(=O)CCCS2(=O)=O)CC1. The zero-order valence-electron chi connectivity index (χ0n) is 9.02. The second kappa shape index (κ2) is 4.16. The zero-order chi connectivity index (χ0) is 11.8. The molecule has 1 heterocycles. The molecule has 16 heavy (non-hydrogen) atoms. The van der Waals surface area contributed by atoms with Gasteiger partial charge in [0.1, 0.15) is 5.78 Å². The van der Waals surface area contributed by atoms with E-state index in [2.05, 4.69) is 0 Å². The maximum Gasteiger partial charge on any atom is 0.237 e. The molecular weight excluding hydrogens is 230 g/mol. The van der Waals surface area contributed by atoms with Crippen LogP contribution >= 0.6 is 0 Å². The van der Waals surface area contributed by atoms with Crippen LogP contribution in [0, 0.1) is 0 Å². The molecule has 2 fully saturated rings. The Bertz CT molecular complexity index is 405. The van der Waals surface area contributed by atoms with Gasteiger partial charge in [-0.15, -0.1) is 0 Å². The van der Waals surface area contributed by atoms with Crippen LogP contribution < -0.4 is 0 Å². The van der Waals surface area contributed by atoms with Crippen molar-refractivity contribution in [3.05, 3.63) is 0 Å². The molecule has 5 nitrogen and oxygen atoms in total. The van der Waals surface area contributed by atoms with E-state index >= 15 is 0 Å². The van der Waals surface area contributed by atoms with Crippen LogP contribution in [0.2, 0.25) is 0 Å². The highest BCUT2D eigenvalue weighted by Crippen LogP contribution is 2.27. The van der Waals surface area contributed by atoms with E-state index in [1.807, 2.05) is 0 Å². The minimum absolute atomic E-state index is 0.0587. The molecule has 0 N–H and O–H groups in total. The molecule has 1 saturated carbocycles. The minimum Gasteiger partial charge on any atom is -0.300 e. The number of carbonyl (C=O) groups is 2. The van der Waals surface area contributed by atoms with Gasteiger partial charge in [-0.1, -0.05) is 0 Å². The molecule has 0 bridgehead atoms. The van der Waals surface area contributed by atoms with Crippen molar-refractivity contribution in [1.29, 1.82) is 0 Å². The predicted octanol–water partition coefficient (Wildman–Crippen LogP) is 0.450. The summed E-state index contributed by atoms with van der Waals surface area (Å²) in [6.07, 6.45) is 2.49. The molecule has 0 aromatic heterocycles. The van der Waals surface area contributed by atoms with Crippen LogP contribution in [0.3, 0.4) is 0 Å². The lowest BCUT2D eigenvalue weighted by atomic mass is 9.94. The van der Waals surface area contributed by atoms with Gasteiger partial charge < -0.3 is 0 Å². The van der Waals surface area contributed by atoms with Crippen molar-refractivity contribution in [2.24, 2.45) is 0 Å². The summed E-state index contributed by atoms with van der Waals surface area (Å²) in [5.74, 6) is -0.0767. The number of amides is 1. The Kier molecular flexibility index (Phi) is 3.01. The highest BCUT2D eigenvalue weighted by Gasteiger charge is 2.38. The number of ketones is 1. The molecule has 1 aliphatic carbocycles. The van der Waals surface area contributed by atoms with Crippen molar-refractivity contribution in [2.75, 3.05) is 5.75 Å². The first-order chi connectivity index (χ1) is 7.50. The summed E-state index contributed by atoms with van der Waals surface area (Å²) in [5, 5.41) is 0. The van der Waals surface area contributed by atoms with Crippen molar-refractivity contribution >= 4 is 21.7 Å². The molecule has 0 spiro atoms. The van der Waals surface area contributed by atoms with Gasteiger partial charge in [-0.25, -0.2) is 12.7 Å². The molecule has 1 saturated heterocycles. The van der Waals surface area contributed by atoms with Gasteiger partial charge in [-0.05, 0) is 19.3 Å². The van der Waals surface area contributed by atoms with Gasteiger partial charge >= 0.3 is 0 Å². The van der Waals surface area contributed by atoms with Crippen molar-refractivity contribution in [3.63, 3.8) is 0 Å². The summed E-state index contributed by atoms with van der Waals surface area (Å²) < 4.78 is 24.6. The highest BCUT2D eigenvalue weighted by molar-refractivity contribution is 7.89. The van der Waals surface area contributed by atoms with Crippen molar-refractivity contribution < 1.29 is 18.0 Å². The molecule has 0 atom stereocenters. The highest BCUT2D eigenvalue weighted by atomic mass is 32.2. The van der Waals surface area contributed by atoms with Crippen LogP contribution in [0.5, 0.6) is 0 Å². The van der Waals surface area contributed by atoms with Crippen LogP contribution in [0.1, 0.15) is 38.5 Å². The third-order valence-electron chi connectivity index (χ3n) is 3.18. The molecule has 0 aromatic carbocycles. The molecule has 0 radical (unpaired) electrons. The molecule has 1 amide bonds. The smallest absolute Gasteiger partial charge is 0.237 e. The second-order valence-corrected chi connectivity index (χ2v) is 6.34. The standard InChI is InChI=1S/C10H15NO4S/c12-9-5-3-8(4-6-9)11-10(13)2-1-7-16(11,14)15/h8H,1-7H2. The number of rotatable bonds is 1. The van der Waals surface area contributed by atoms with Crippen LogP contribution in [0.15, 0.2) is 0 Å². The summed E-state index contributed by atoms with van der Waals surface area (Å²) >= 11 is 0. The summed E-state index contributed by atoms with van der Waals surface area (Å²) in [4.78, 5) is 22.7. The average molecular weight is 245 g/mol. The largest absolute Gasteiger partial charge is 0.300 e. The minimum atomic E-state index is -3.42. The van der Waals surface area contributed by atoms with E-state index in [1.54, 1.807) is 0 Å². The predicted molar refractivity (Wildman–Crippen MR) is 57.1 cm³/mol. The van der Waals surface area contributed by atoms with Gasteiger partial charge in [0.25, 0.3) is 0 Å². The summed E-state index contributed by atoms with van der Waals surface area (Å²) in [6.45, 7) is 0. The lowest BCUT2D eigenvalue weighted by Gasteiger charge is -2.35. The normalized spacial score (nSPS) is 27.1. The second-order valence-electron chi connectivity index (χ2n) is 4.38. The maximum atomic E-state index is 11.8. The van der Waals surface area contributed by atoms with Crippen molar-refractivity contribution in [2.45, 2.75) is 44.6 Å². The van der Waals surface area contributed by atoms with Crippen LogP contribution in [-0.2, 0) is 19.6 Å². The van der Waals surface area contributed by atoms with Gasteiger partial charge in [-0.2, -0.15) is 0 Å². The fourth-order valence-electron chi connectivity index (χ4n) is 2.36. The van der Waals surface area contributed by atoms with Crippen LogP contribution in [0.4, 0.5) is 0 Å². The molecule has 2 rings (SSSR count). The lowest BCUT2D eigenvalue weighted by molar-refractivity contribution is -0.131. The fraction of sp³-hybridized carbons (Fsp3) is 0.800. The number of sulfonamides is 1.